The van der Waals surface area contributed by atoms with Crippen LogP contribution in [-0.2, 0) is 10.2 Å². The van der Waals surface area contributed by atoms with Crippen LogP contribution in [0, 0.1) is 0 Å². The number of nitrogens with one attached hydrogen (secondary N) is 2. The van der Waals surface area contributed by atoms with Crippen molar-refractivity contribution in [1.29, 1.82) is 0 Å². The molecule has 0 spiro atoms. The van der Waals surface area contributed by atoms with Crippen molar-refractivity contribution in [2.75, 3.05) is 4.72 Å². The number of hydrogen-bond donors (Lipinski definition) is 2. The Kier molecular flexibility index (Phi) is 2.94. The summed E-state index contributed by atoms with van der Waals surface area (Å²) in [6.45, 7) is 0. The van der Waals surface area contributed by atoms with Crippen molar-refractivity contribution >= 4 is 32.0 Å². The molecule has 0 atom stereocenters. The van der Waals surface area contributed by atoms with Crippen molar-refractivity contribution in [2.45, 2.75) is 18.9 Å². The SMILES string of the molecule is O=S(=O)(Nc1cccc(Br)n1)NC1CC1. The summed E-state index contributed by atoms with van der Waals surface area (Å²) in [6.07, 6.45) is 1.82. The van der Waals surface area contributed by atoms with Gasteiger partial charge >= 0.3 is 10.2 Å². The van der Waals surface area contributed by atoms with Crippen molar-refractivity contribution in [2.24, 2.45) is 0 Å². The Labute approximate surface area is 96.6 Å². The molecule has 1 aromatic heterocycles. The number of aromatic nitrogens is 1. The highest BCUT2D eigenvalue weighted by Gasteiger charge is 2.26. The molecule has 0 saturated heterocycles. The van der Waals surface area contributed by atoms with Gasteiger partial charge in [-0.05, 0) is 40.9 Å². The van der Waals surface area contributed by atoms with Crippen molar-refractivity contribution < 1.29 is 8.42 Å². The van der Waals surface area contributed by atoms with Crippen LogP contribution in [0.4, 0.5) is 5.82 Å². The van der Waals surface area contributed by atoms with Gasteiger partial charge in [-0.15, -0.1) is 0 Å². The number of rotatable bonds is 4. The van der Waals surface area contributed by atoms with E-state index in [1.807, 2.05) is 0 Å². The van der Waals surface area contributed by atoms with E-state index in [2.05, 4.69) is 30.4 Å². The molecule has 1 fully saturated rings. The fourth-order valence-electron chi connectivity index (χ4n) is 1.05. The molecular weight excluding hydrogens is 282 g/mol. The molecule has 1 saturated carbocycles. The lowest BCUT2D eigenvalue weighted by Crippen LogP contribution is -2.32. The molecule has 1 heterocycles. The normalized spacial score (nSPS) is 16.3. The minimum atomic E-state index is -3.47. The maximum Gasteiger partial charge on any atom is 0.300 e. The first-order chi connectivity index (χ1) is 7.05. The fraction of sp³-hybridized carbons (Fsp3) is 0.375. The Bertz CT molecular complexity index is 459. The summed E-state index contributed by atoms with van der Waals surface area (Å²) in [7, 11) is -3.47. The Balaban J connectivity index is 2.06. The average molecular weight is 292 g/mol. The molecule has 82 valence electrons. The first-order valence-corrected chi connectivity index (χ1v) is 6.75. The standard InChI is InChI=1S/C8H10BrN3O2S/c9-7-2-1-3-8(10-7)12-15(13,14)11-6-4-5-6/h1-3,6,11H,4-5H2,(H,10,12). The zero-order valence-corrected chi connectivity index (χ0v) is 10.2. The van der Waals surface area contributed by atoms with Gasteiger partial charge in [-0.25, -0.2) is 4.98 Å². The molecule has 0 unspecified atom stereocenters. The summed E-state index contributed by atoms with van der Waals surface area (Å²) >= 11 is 3.17. The van der Waals surface area contributed by atoms with Crippen LogP contribution in [0.1, 0.15) is 12.8 Å². The van der Waals surface area contributed by atoms with Crippen molar-refractivity contribution in [3.8, 4) is 0 Å². The molecular formula is C8H10BrN3O2S. The van der Waals surface area contributed by atoms with Crippen LogP contribution in [0.15, 0.2) is 22.8 Å². The van der Waals surface area contributed by atoms with Crippen LogP contribution in [0.2, 0.25) is 0 Å². The van der Waals surface area contributed by atoms with Crippen LogP contribution >= 0.6 is 15.9 Å². The molecule has 7 heteroatoms. The Morgan fingerprint density at radius 3 is 2.73 bits per heavy atom. The third kappa shape index (κ3) is 3.44. The maximum absolute atomic E-state index is 11.5. The van der Waals surface area contributed by atoms with Gasteiger partial charge in [-0.1, -0.05) is 6.07 Å². The third-order valence-corrected chi connectivity index (χ3v) is 3.42. The lowest BCUT2D eigenvalue weighted by atomic mass is 10.5. The summed E-state index contributed by atoms with van der Waals surface area (Å²) in [5.41, 5.74) is 0. The lowest BCUT2D eigenvalue weighted by molar-refractivity contribution is 0.586. The van der Waals surface area contributed by atoms with E-state index in [4.69, 9.17) is 0 Å². The molecule has 2 rings (SSSR count). The zero-order chi connectivity index (χ0) is 10.9. The summed E-state index contributed by atoms with van der Waals surface area (Å²) in [4.78, 5) is 3.97. The molecule has 0 aliphatic heterocycles. The molecule has 15 heavy (non-hydrogen) atoms. The fourth-order valence-corrected chi connectivity index (χ4v) is 2.52. The Morgan fingerprint density at radius 1 is 1.40 bits per heavy atom. The summed E-state index contributed by atoms with van der Waals surface area (Å²) in [6, 6.07) is 5.13. The first-order valence-electron chi connectivity index (χ1n) is 4.48. The van der Waals surface area contributed by atoms with Gasteiger partial charge in [-0.2, -0.15) is 13.1 Å². The molecule has 0 amide bonds. The second-order valence-electron chi connectivity index (χ2n) is 3.34. The molecule has 0 bridgehead atoms. The number of halogens is 1. The Morgan fingerprint density at radius 2 is 2.13 bits per heavy atom. The zero-order valence-electron chi connectivity index (χ0n) is 7.77. The van der Waals surface area contributed by atoms with Gasteiger partial charge in [0.1, 0.15) is 10.4 Å². The first kappa shape index (κ1) is 10.8. The molecule has 1 aliphatic carbocycles. The maximum atomic E-state index is 11.5. The van der Waals surface area contributed by atoms with Crippen molar-refractivity contribution in [3.05, 3.63) is 22.8 Å². The molecule has 5 nitrogen and oxygen atoms in total. The van der Waals surface area contributed by atoms with E-state index in [0.717, 1.165) is 12.8 Å². The highest BCUT2D eigenvalue weighted by atomic mass is 79.9. The molecule has 0 radical (unpaired) electrons. The number of nitrogens with zero attached hydrogens (tertiary/aromatic N) is 1. The second kappa shape index (κ2) is 4.07. The van der Waals surface area contributed by atoms with E-state index in [9.17, 15) is 8.42 Å². The average Bonchev–Trinajstić information content (AvgIpc) is 2.86. The monoisotopic (exact) mass is 291 g/mol. The third-order valence-electron chi connectivity index (χ3n) is 1.85. The van der Waals surface area contributed by atoms with E-state index in [1.54, 1.807) is 18.2 Å². The van der Waals surface area contributed by atoms with E-state index in [-0.39, 0.29) is 6.04 Å². The summed E-state index contributed by atoms with van der Waals surface area (Å²) in [5, 5.41) is 0. The quantitative estimate of drug-likeness (QED) is 0.821. The summed E-state index contributed by atoms with van der Waals surface area (Å²) in [5.74, 6) is 0.303. The van der Waals surface area contributed by atoms with E-state index >= 15 is 0 Å². The van der Waals surface area contributed by atoms with Crippen LogP contribution in [-0.4, -0.2) is 19.4 Å². The lowest BCUT2D eigenvalue weighted by Gasteiger charge is -2.07. The van der Waals surface area contributed by atoms with Gasteiger partial charge in [0.05, 0.1) is 0 Å². The van der Waals surface area contributed by atoms with Gasteiger partial charge in [0, 0.05) is 6.04 Å². The molecule has 2 N–H and O–H groups in total. The summed E-state index contributed by atoms with van der Waals surface area (Å²) < 4.78 is 28.4. The molecule has 1 aliphatic rings. The predicted molar refractivity (Wildman–Crippen MR) is 60.6 cm³/mol. The van der Waals surface area contributed by atoms with Crippen LogP contribution < -0.4 is 9.44 Å². The van der Waals surface area contributed by atoms with Gasteiger partial charge in [0.25, 0.3) is 0 Å². The second-order valence-corrected chi connectivity index (χ2v) is 5.60. The minimum Gasteiger partial charge on any atom is -0.255 e. The highest BCUT2D eigenvalue weighted by Crippen LogP contribution is 2.20. The van der Waals surface area contributed by atoms with Crippen LogP contribution in [0.3, 0.4) is 0 Å². The molecule has 1 aromatic rings. The van der Waals surface area contributed by atoms with Crippen LogP contribution in [0.25, 0.3) is 0 Å². The van der Waals surface area contributed by atoms with E-state index in [1.165, 1.54) is 0 Å². The number of anilines is 1. The van der Waals surface area contributed by atoms with Gasteiger partial charge in [-0.3, -0.25) is 4.72 Å². The predicted octanol–water partition coefficient (Wildman–Crippen LogP) is 1.25. The van der Waals surface area contributed by atoms with E-state index < -0.39 is 10.2 Å². The number of pyridine rings is 1. The molecule has 0 aromatic carbocycles. The van der Waals surface area contributed by atoms with Crippen molar-refractivity contribution in [3.63, 3.8) is 0 Å². The van der Waals surface area contributed by atoms with Crippen LogP contribution in [0.5, 0.6) is 0 Å². The van der Waals surface area contributed by atoms with Gasteiger partial charge in [0.2, 0.25) is 0 Å². The minimum absolute atomic E-state index is 0.0923. The number of hydrogen-bond acceptors (Lipinski definition) is 3. The Hall–Kier alpha value is -0.660. The van der Waals surface area contributed by atoms with Gasteiger partial charge in [0.15, 0.2) is 0 Å². The van der Waals surface area contributed by atoms with E-state index in [0.29, 0.717) is 10.4 Å². The smallest absolute Gasteiger partial charge is 0.255 e. The largest absolute Gasteiger partial charge is 0.300 e. The highest BCUT2D eigenvalue weighted by molar-refractivity contribution is 9.10. The van der Waals surface area contributed by atoms with Crippen molar-refractivity contribution in [1.82, 2.24) is 9.71 Å². The topological polar surface area (TPSA) is 71.1 Å². The van der Waals surface area contributed by atoms with Gasteiger partial charge < -0.3 is 0 Å².